The Balaban J connectivity index is 2.27. The lowest BCUT2D eigenvalue weighted by Gasteiger charge is -2.08. The number of carboxylic acid groups (broad SMARTS) is 1. The Morgan fingerprint density at radius 1 is 1.10 bits per heavy atom. The molecular weight excluding hydrogens is 453 g/mol. The summed E-state index contributed by atoms with van der Waals surface area (Å²) in [5, 5.41) is 21.2. The molecule has 5 nitrogen and oxygen atoms in total. The average molecular weight is 462 g/mol. The van der Waals surface area contributed by atoms with Crippen molar-refractivity contribution in [1.29, 1.82) is 0 Å². The number of carboxylic acids is 1. The minimum Gasteiger partial charge on any atom is -0.507 e. The van der Waals surface area contributed by atoms with E-state index < -0.39 is 11.9 Å². The Labute approximate surface area is 142 Å². The van der Waals surface area contributed by atoms with E-state index in [0.29, 0.717) is 13.7 Å². The average Bonchev–Trinajstić information content (AvgIpc) is 2.41. The van der Waals surface area contributed by atoms with Gasteiger partial charge in [-0.25, -0.2) is 4.79 Å². The number of phenolic OH excluding ortho intramolecular Hbond substituents is 1. The van der Waals surface area contributed by atoms with Crippen LogP contribution in [0.2, 0.25) is 0 Å². The fourth-order valence-corrected chi connectivity index (χ4v) is 2.47. The van der Waals surface area contributed by atoms with E-state index in [4.69, 9.17) is 5.11 Å². The van der Waals surface area contributed by atoms with Gasteiger partial charge in [-0.1, -0.05) is 15.9 Å². The lowest BCUT2D eigenvalue weighted by Crippen LogP contribution is -2.12. The Morgan fingerprint density at radius 2 is 1.81 bits per heavy atom. The van der Waals surface area contributed by atoms with Crippen molar-refractivity contribution in [1.82, 2.24) is 0 Å². The number of anilines is 1. The highest BCUT2D eigenvalue weighted by atomic mass is 127. The van der Waals surface area contributed by atoms with Gasteiger partial charge in [-0.2, -0.15) is 0 Å². The van der Waals surface area contributed by atoms with Gasteiger partial charge in [0, 0.05) is 15.7 Å². The van der Waals surface area contributed by atoms with Crippen molar-refractivity contribution in [2.75, 3.05) is 5.32 Å². The number of aromatic hydroxyl groups is 1. The summed E-state index contributed by atoms with van der Waals surface area (Å²) in [6.45, 7) is 0. The van der Waals surface area contributed by atoms with Gasteiger partial charge in [-0.05, 0) is 59.0 Å². The lowest BCUT2D eigenvalue weighted by molar-refractivity contribution is 0.0696. The first-order valence-corrected chi connectivity index (χ1v) is 7.58. The molecule has 2 aromatic rings. The number of hydrogen-bond acceptors (Lipinski definition) is 3. The first kappa shape index (κ1) is 15.8. The third kappa shape index (κ3) is 3.94. The molecule has 0 fully saturated rings. The number of halogens is 2. The zero-order chi connectivity index (χ0) is 15.6. The van der Waals surface area contributed by atoms with Crippen molar-refractivity contribution in [3.05, 3.63) is 55.6 Å². The van der Waals surface area contributed by atoms with E-state index in [1.807, 2.05) is 22.6 Å². The van der Waals surface area contributed by atoms with E-state index in [-0.39, 0.29) is 16.9 Å². The Morgan fingerprint density at radius 3 is 2.43 bits per heavy atom. The number of nitrogens with one attached hydrogen (secondary N) is 1. The van der Waals surface area contributed by atoms with Crippen molar-refractivity contribution in [3.8, 4) is 5.75 Å². The van der Waals surface area contributed by atoms with Gasteiger partial charge >= 0.3 is 5.97 Å². The number of amides is 1. The van der Waals surface area contributed by atoms with Gasteiger partial charge in [-0.15, -0.1) is 0 Å². The molecule has 2 rings (SSSR count). The molecule has 0 saturated carbocycles. The van der Waals surface area contributed by atoms with Gasteiger partial charge < -0.3 is 15.5 Å². The molecule has 0 radical (unpaired) electrons. The number of rotatable bonds is 3. The molecule has 0 unspecified atom stereocenters. The monoisotopic (exact) mass is 461 g/mol. The molecule has 0 atom stereocenters. The molecule has 1 amide bonds. The third-order valence-electron chi connectivity index (χ3n) is 2.61. The molecule has 0 aromatic heterocycles. The van der Waals surface area contributed by atoms with Crippen LogP contribution in [0.3, 0.4) is 0 Å². The van der Waals surface area contributed by atoms with Crippen LogP contribution in [0.5, 0.6) is 5.75 Å². The molecular formula is C14H9BrINO4. The number of hydrogen-bond donors (Lipinski definition) is 3. The summed E-state index contributed by atoms with van der Waals surface area (Å²) < 4.78 is 1.18. The van der Waals surface area contributed by atoms with Crippen molar-refractivity contribution in [2.45, 2.75) is 0 Å². The summed E-state index contributed by atoms with van der Waals surface area (Å²) in [4.78, 5) is 23.1. The van der Waals surface area contributed by atoms with Crippen molar-refractivity contribution >= 4 is 56.1 Å². The number of carbonyl (C=O) groups excluding carboxylic acids is 1. The third-order valence-corrected chi connectivity index (χ3v) is 3.98. The van der Waals surface area contributed by atoms with Crippen molar-refractivity contribution < 1.29 is 19.8 Å². The smallest absolute Gasteiger partial charge is 0.335 e. The maximum Gasteiger partial charge on any atom is 0.335 e. The van der Waals surface area contributed by atoms with Gasteiger partial charge in [0.1, 0.15) is 5.75 Å². The van der Waals surface area contributed by atoms with E-state index >= 15 is 0 Å². The summed E-state index contributed by atoms with van der Waals surface area (Å²) in [5.41, 5.74) is 0.694. The summed E-state index contributed by atoms with van der Waals surface area (Å²) >= 11 is 5.14. The molecule has 21 heavy (non-hydrogen) atoms. The van der Waals surface area contributed by atoms with Crippen LogP contribution in [-0.2, 0) is 0 Å². The minimum atomic E-state index is -1.08. The van der Waals surface area contributed by atoms with Crippen LogP contribution in [0, 0.1) is 3.57 Å². The predicted molar refractivity (Wildman–Crippen MR) is 89.9 cm³/mol. The van der Waals surface area contributed by atoms with Crippen molar-refractivity contribution in [2.24, 2.45) is 0 Å². The second kappa shape index (κ2) is 6.44. The van der Waals surface area contributed by atoms with Crippen LogP contribution >= 0.6 is 38.5 Å². The highest BCUT2D eigenvalue weighted by Gasteiger charge is 2.11. The van der Waals surface area contributed by atoms with E-state index in [9.17, 15) is 14.7 Å². The van der Waals surface area contributed by atoms with Crippen LogP contribution in [0.15, 0.2) is 40.9 Å². The second-order valence-corrected chi connectivity index (χ2v) is 6.23. The maximum atomic E-state index is 12.1. The lowest BCUT2D eigenvalue weighted by atomic mass is 10.1. The number of benzene rings is 2. The Kier molecular flexibility index (Phi) is 4.84. The molecule has 0 aliphatic carbocycles. The van der Waals surface area contributed by atoms with Gasteiger partial charge in [0.05, 0.1) is 9.13 Å². The maximum absolute atomic E-state index is 12.1. The summed E-state index contributed by atoms with van der Waals surface area (Å²) in [5.74, 6) is -1.50. The van der Waals surface area contributed by atoms with E-state index in [1.54, 1.807) is 18.2 Å². The molecule has 0 aliphatic rings. The number of aromatic carboxylic acids is 1. The minimum absolute atomic E-state index is 0.0173. The first-order valence-electron chi connectivity index (χ1n) is 5.70. The molecule has 108 valence electrons. The van der Waals surface area contributed by atoms with Crippen molar-refractivity contribution in [3.63, 3.8) is 0 Å². The van der Waals surface area contributed by atoms with Gasteiger partial charge in [0.2, 0.25) is 0 Å². The van der Waals surface area contributed by atoms with Crippen LogP contribution < -0.4 is 5.32 Å². The molecule has 0 aliphatic heterocycles. The summed E-state index contributed by atoms with van der Waals surface area (Å²) in [7, 11) is 0. The highest BCUT2D eigenvalue weighted by molar-refractivity contribution is 14.1. The summed E-state index contributed by atoms with van der Waals surface area (Å²) in [6.07, 6.45) is 0. The summed E-state index contributed by atoms with van der Waals surface area (Å²) in [6, 6.07) is 8.94. The fraction of sp³-hybridized carbons (Fsp3) is 0. The second-order valence-electron chi connectivity index (χ2n) is 4.15. The van der Waals surface area contributed by atoms with E-state index in [2.05, 4.69) is 21.2 Å². The fourth-order valence-electron chi connectivity index (χ4n) is 1.64. The Hall–Kier alpha value is -1.61. The van der Waals surface area contributed by atoms with Crippen LogP contribution in [0.4, 0.5) is 5.69 Å². The van der Waals surface area contributed by atoms with Crippen LogP contribution in [-0.4, -0.2) is 22.1 Å². The topological polar surface area (TPSA) is 86.6 Å². The number of carbonyl (C=O) groups is 2. The predicted octanol–water partition coefficient (Wildman–Crippen LogP) is 3.71. The molecule has 0 saturated heterocycles. The molecule has 0 heterocycles. The quantitative estimate of drug-likeness (QED) is 0.608. The zero-order valence-corrected chi connectivity index (χ0v) is 14.2. The zero-order valence-electron chi connectivity index (χ0n) is 10.4. The largest absolute Gasteiger partial charge is 0.507 e. The SMILES string of the molecule is O=C(O)c1cc(Br)cc(NC(=O)c2ccc(I)c(O)c2)c1. The molecule has 0 bridgehead atoms. The molecule has 0 spiro atoms. The van der Waals surface area contributed by atoms with Gasteiger partial charge in [0.25, 0.3) is 5.91 Å². The van der Waals surface area contributed by atoms with Crippen LogP contribution in [0.25, 0.3) is 0 Å². The van der Waals surface area contributed by atoms with E-state index in [0.717, 1.165) is 0 Å². The highest BCUT2D eigenvalue weighted by Crippen LogP contribution is 2.23. The van der Waals surface area contributed by atoms with Crippen LogP contribution in [0.1, 0.15) is 20.7 Å². The molecule has 2 aromatic carbocycles. The molecule has 7 heteroatoms. The Bertz CT molecular complexity index is 733. The standard InChI is InChI=1S/C14H9BrINO4/c15-9-3-8(14(20)21)4-10(6-9)17-13(19)7-1-2-11(16)12(18)5-7/h1-6,18H,(H,17,19)(H,20,21). The first-order chi connectivity index (χ1) is 9.86. The normalized spacial score (nSPS) is 10.2. The molecule has 3 N–H and O–H groups in total. The van der Waals surface area contributed by atoms with Gasteiger partial charge in [-0.3, -0.25) is 4.79 Å². The number of phenols is 1. The van der Waals surface area contributed by atoms with Gasteiger partial charge in [0.15, 0.2) is 0 Å². The van der Waals surface area contributed by atoms with E-state index in [1.165, 1.54) is 18.2 Å².